The average molecular weight is 658 g/mol. The van der Waals surface area contributed by atoms with Crippen LogP contribution in [0.5, 0.6) is 0 Å². The van der Waals surface area contributed by atoms with Crippen molar-refractivity contribution < 1.29 is 0 Å². The number of rotatable bonds is 9. The molecule has 244 valence electrons. The van der Waals surface area contributed by atoms with E-state index in [1.165, 1.54) is 101 Å². The first-order chi connectivity index (χ1) is 24.2. The van der Waals surface area contributed by atoms with Crippen molar-refractivity contribution in [3.63, 3.8) is 0 Å². The molecule has 5 aromatic carbocycles. The van der Waals surface area contributed by atoms with Crippen molar-refractivity contribution in [3.8, 4) is 0 Å². The number of benzene rings is 5. The third-order valence-electron chi connectivity index (χ3n) is 10.3. The molecule has 0 spiro atoms. The van der Waals surface area contributed by atoms with Gasteiger partial charge in [0.2, 0.25) is 21.1 Å². The Hall–Kier alpha value is -4.73. The molecule has 49 heavy (non-hydrogen) atoms. The van der Waals surface area contributed by atoms with Gasteiger partial charge < -0.3 is 9.13 Å². The number of hydrogen-bond acceptors (Lipinski definition) is 0. The molecule has 2 aromatic heterocycles. The van der Waals surface area contributed by atoms with Crippen molar-refractivity contribution in [1.82, 2.24) is 9.13 Å². The number of aromatic nitrogens is 2. The smallest absolute Gasteiger partial charge is 0.237 e. The van der Waals surface area contributed by atoms with Crippen LogP contribution < -0.4 is 10.7 Å². The van der Waals surface area contributed by atoms with E-state index in [4.69, 9.17) is 0 Å². The number of nitrogens with zero attached hydrogens (tertiary/aromatic N) is 2. The second kappa shape index (κ2) is 14.0. The maximum absolute atomic E-state index is 2.56. The van der Waals surface area contributed by atoms with E-state index in [1.807, 2.05) is 11.4 Å². The molecule has 2 nitrogen and oxygen atoms in total. The second-order valence-corrected chi connectivity index (χ2v) is 14.5. The molecule has 3 heteroatoms. The lowest BCUT2D eigenvalue weighted by Gasteiger charge is -2.14. The molecule has 0 atom stereocenters. The van der Waals surface area contributed by atoms with Gasteiger partial charge in [0.05, 0.1) is 0 Å². The molecule has 0 unspecified atom stereocenters. The zero-order valence-electron chi connectivity index (χ0n) is 28.8. The summed E-state index contributed by atoms with van der Waals surface area (Å²) in [6, 6.07) is 38.0. The molecular weight excluding hydrogens is 613 g/mol. The van der Waals surface area contributed by atoms with E-state index in [9.17, 15) is 0 Å². The van der Waals surface area contributed by atoms with Gasteiger partial charge >= 0.3 is 0 Å². The Morgan fingerprint density at radius 2 is 1.04 bits per heavy atom. The van der Waals surface area contributed by atoms with Crippen LogP contribution in [0.15, 0.2) is 131 Å². The third kappa shape index (κ3) is 5.95. The summed E-state index contributed by atoms with van der Waals surface area (Å²) in [6.07, 6.45) is 17.8. The molecule has 1 aliphatic carbocycles. The molecular formula is C46H45N2S+. The number of allylic oxidation sites excluding steroid dienone is 4. The summed E-state index contributed by atoms with van der Waals surface area (Å²) in [5.41, 5.74) is 5.58. The molecule has 8 rings (SSSR count). The predicted octanol–water partition coefficient (Wildman–Crippen LogP) is 10.6. The molecule has 7 aromatic rings. The van der Waals surface area contributed by atoms with Crippen LogP contribution >= 0.6 is 0 Å². The standard InChI is InChI=1S/C46H45N2S/c1-3-5-31-47-40(38-23-11-15-33-17-13-25-42(47)44(33)38)29-27-35-19-10-20-36(46(35)49-37-21-8-7-9-22-37)28-30-41-39-24-12-16-34-18-14-26-43(45(34)39)48(41)32-6-4-2/h7-9,11-18,21-30H,3-6,10,19-20,31-32H2,1-2H3/q+1/b35-27+,36-28+,40-29+,41-30+. The minimum atomic E-state index is 1.04. The molecule has 0 N–H and O–H groups in total. The van der Waals surface area contributed by atoms with Gasteiger partial charge in [-0.2, -0.15) is 0 Å². The van der Waals surface area contributed by atoms with Gasteiger partial charge in [0.25, 0.3) is 0 Å². The zero-order valence-corrected chi connectivity index (χ0v) is 29.6. The topological polar surface area (TPSA) is 9.86 Å². The Kier molecular flexibility index (Phi) is 9.02. The monoisotopic (exact) mass is 657 g/mol. The number of hydrogen-bond donors (Lipinski definition) is 0. The van der Waals surface area contributed by atoms with Gasteiger partial charge in [-0.25, -0.2) is 0 Å². The minimum Gasteiger partial charge on any atom is -0.340 e. The molecule has 0 saturated heterocycles. The lowest BCUT2D eigenvalue weighted by molar-refractivity contribution is 0.640. The molecule has 1 saturated carbocycles. The van der Waals surface area contributed by atoms with Crippen LogP contribution in [0, 0.1) is 0 Å². The van der Waals surface area contributed by atoms with Crippen LogP contribution in [0.2, 0.25) is 0 Å². The summed E-state index contributed by atoms with van der Waals surface area (Å²) < 4.78 is 5.13. The Balaban J connectivity index is 1.31. The highest BCUT2D eigenvalue weighted by Gasteiger charge is 2.27. The van der Waals surface area contributed by atoms with Crippen LogP contribution in [0.3, 0.4) is 0 Å². The summed E-state index contributed by atoms with van der Waals surface area (Å²) in [7, 11) is 0. The van der Waals surface area contributed by atoms with Crippen molar-refractivity contribution in [3.05, 3.63) is 137 Å². The number of unbranched alkanes of at least 4 members (excludes halogenated alkanes) is 2. The van der Waals surface area contributed by atoms with Crippen molar-refractivity contribution in [2.75, 3.05) is 0 Å². The summed E-state index contributed by atoms with van der Waals surface area (Å²) >= 11 is 1.93. The highest BCUT2D eigenvalue weighted by Crippen LogP contribution is 2.30. The van der Waals surface area contributed by atoms with Gasteiger partial charge in [-0.3, -0.25) is 0 Å². The first kappa shape index (κ1) is 31.5. The molecule has 2 heterocycles. The summed E-state index contributed by atoms with van der Waals surface area (Å²) in [6.45, 7) is 6.65. The van der Waals surface area contributed by atoms with Gasteiger partial charge in [-0.05, 0) is 67.2 Å². The molecule has 1 aliphatic rings. The molecule has 0 radical (unpaired) electrons. The van der Waals surface area contributed by atoms with E-state index < -0.39 is 0 Å². The molecule has 1 fully saturated rings. The van der Waals surface area contributed by atoms with Gasteiger partial charge in [-0.1, -0.05) is 118 Å². The van der Waals surface area contributed by atoms with E-state index in [-0.39, 0.29) is 0 Å². The Labute approximate surface area is 293 Å². The average Bonchev–Trinajstić information content (AvgIpc) is 3.62. The zero-order chi connectivity index (χ0) is 33.2. The van der Waals surface area contributed by atoms with Crippen molar-refractivity contribution in [2.24, 2.45) is 0 Å². The summed E-state index contributed by atoms with van der Waals surface area (Å²) in [5, 5.41) is 10.8. The largest absolute Gasteiger partial charge is 0.340 e. The van der Waals surface area contributed by atoms with E-state index in [2.05, 4.69) is 150 Å². The van der Waals surface area contributed by atoms with E-state index in [0.29, 0.717) is 0 Å². The minimum absolute atomic E-state index is 1.04. The highest BCUT2D eigenvalue weighted by molar-refractivity contribution is 7.79. The van der Waals surface area contributed by atoms with Gasteiger partial charge in [0, 0.05) is 79.6 Å². The van der Waals surface area contributed by atoms with E-state index >= 15 is 0 Å². The highest BCUT2D eigenvalue weighted by atomic mass is 32.1. The van der Waals surface area contributed by atoms with Crippen LogP contribution in [0.25, 0.3) is 55.5 Å². The Morgan fingerprint density at radius 1 is 0.551 bits per heavy atom. The SMILES string of the molecule is CCCCn1/c(=C/C=C2\CCC/C(=C\C=c3/c4cccc5cccc(c54)n3CCCC)C2=[S+]c2ccccc2)c2cccc3cccc1c32. The summed E-state index contributed by atoms with van der Waals surface area (Å²) in [4.78, 5) is 2.70. The van der Waals surface area contributed by atoms with E-state index in [0.717, 1.165) is 32.4 Å². The fraction of sp³-hybridized carbons (Fsp3) is 0.239. The second-order valence-electron chi connectivity index (χ2n) is 13.5. The van der Waals surface area contributed by atoms with Crippen LogP contribution in [0.4, 0.5) is 0 Å². The first-order valence-electron chi connectivity index (χ1n) is 18.3. The number of aryl methyl sites for hydroxylation is 2. The Bertz CT molecular complexity index is 2320. The lowest BCUT2D eigenvalue weighted by atomic mass is 9.89. The predicted molar refractivity (Wildman–Crippen MR) is 215 cm³/mol. The van der Waals surface area contributed by atoms with Crippen molar-refractivity contribution >= 4 is 71.7 Å². The van der Waals surface area contributed by atoms with Crippen LogP contribution in [-0.4, -0.2) is 14.0 Å². The maximum atomic E-state index is 2.56. The lowest BCUT2D eigenvalue weighted by Crippen LogP contribution is -2.18. The van der Waals surface area contributed by atoms with Gasteiger partial charge in [0.15, 0.2) is 0 Å². The van der Waals surface area contributed by atoms with Crippen molar-refractivity contribution in [2.45, 2.75) is 76.8 Å². The third-order valence-corrected chi connectivity index (χ3v) is 11.5. The molecule has 0 aliphatic heterocycles. The molecule has 0 bridgehead atoms. The fourth-order valence-electron chi connectivity index (χ4n) is 7.86. The normalized spacial score (nSPS) is 16.5. The van der Waals surface area contributed by atoms with Crippen LogP contribution in [0.1, 0.15) is 58.8 Å². The Morgan fingerprint density at radius 3 is 1.53 bits per heavy atom. The van der Waals surface area contributed by atoms with Crippen LogP contribution in [-0.2, 0) is 24.4 Å². The summed E-state index contributed by atoms with van der Waals surface area (Å²) in [5.74, 6) is 0. The van der Waals surface area contributed by atoms with Gasteiger partial charge in [0.1, 0.15) is 0 Å². The first-order valence-corrected chi connectivity index (χ1v) is 19.1. The maximum Gasteiger partial charge on any atom is 0.237 e. The van der Waals surface area contributed by atoms with Crippen molar-refractivity contribution in [1.29, 1.82) is 0 Å². The fourth-order valence-corrected chi connectivity index (χ4v) is 8.99. The quantitative estimate of drug-likeness (QED) is 0.0831. The van der Waals surface area contributed by atoms with E-state index in [1.54, 1.807) is 0 Å². The molecule has 0 amide bonds. The van der Waals surface area contributed by atoms with Gasteiger partial charge in [-0.15, -0.1) is 0 Å².